The highest BCUT2D eigenvalue weighted by atomic mass is 19.4. The van der Waals surface area contributed by atoms with E-state index in [0.717, 1.165) is 0 Å². The van der Waals surface area contributed by atoms with E-state index in [-0.39, 0.29) is 11.1 Å². The van der Waals surface area contributed by atoms with Crippen LogP contribution in [0.1, 0.15) is 37.5 Å². The topological polar surface area (TPSA) is 0 Å². The largest absolute Gasteiger partial charge is 0.417 e. The Morgan fingerprint density at radius 3 is 2.06 bits per heavy atom. The summed E-state index contributed by atoms with van der Waals surface area (Å²) in [6.07, 6.45) is -2.03. The Bertz CT molecular complexity index is 395. The van der Waals surface area contributed by atoms with E-state index in [0.29, 0.717) is 0 Å². The fourth-order valence-electron chi connectivity index (χ4n) is 1.63. The first-order valence-corrected chi connectivity index (χ1v) is 4.91. The number of halogens is 3. The molecule has 1 aromatic carbocycles. The molecule has 0 amide bonds. The third-order valence-electron chi connectivity index (χ3n) is 2.35. The number of rotatable bonds is 1. The van der Waals surface area contributed by atoms with E-state index in [4.69, 9.17) is 0 Å². The molecule has 1 radical (unpaired) electrons. The SMILES string of the molecule is C=[C]c1cccc(C(C)(C)C)c1C(F)(F)F. The van der Waals surface area contributed by atoms with Crippen LogP contribution in [0, 0.1) is 6.08 Å². The van der Waals surface area contributed by atoms with Gasteiger partial charge in [0.05, 0.1) is 5.56 Å². The Kier molecular flexibility index (Phi) is 3.17. The van der Waals surface area contributed by atoms with Gasteiger partial charge in [0.15, 0.2) is 0 Å². The highest BCUT2D eigenvalue weighted by molar-refractivity contribution is 5.43. The first-order chi connectivity index (χ1) is 7.18. The predicted octanol–water partition coefficient (Wildman–Crippen LogP) is 4.34. The average molecular weight is 227 g/mol. The molecule has 1 rings (SSSR count). The molecule has 0 aliphatic rings. The quantitative estimate of drug-likeness (QED) is 0.669. The lowest BCUT2D eigenvalue weighted by Gasteiger charge is -2.25. The van der Waals surface area contributed by atoms with Crippen molar-refractivity contribution in [3.05, 3.63) is 47.5 Å². The Morgan fingerprint density at radius 1 is 1.12 bits per heavy atom. The van der Waals surface area contributed by atoms with Gasteiger partial charge in [0.25, 0.3) is 0 Å². The minimum atomic E-state index is -4.37. The van der Waals surface area contributed by atoms with Crippen LogP contribution in [0.4, 0.5) is 13.2 Å². The van der Waals surface area contributed by atoms with Gasteiger partial charge < -0.3 is 0 Å². The molecule has 87 valence electrons. The van der Waals surface area contributed by atoms with Gasteiger partial charge in [0.2, 0.25) is 0 Å². The molecule has 16 heavy (non-hydrogen) atoms. The summed E-state index contributed by atoms with van der Waals surface area (Å²) in [4.78, 5) is 0. The molecule has 0 saturated carbocycles. The number of hydrogen-bond acceptors (Lipinski definition) is 0. The molecule has 3 heteroatoms. The second-order valence-electron chi connectivity index (χ2n) is 4.65. The van der Waals surface area contributed by atoms with E-state index < -0.39 is 17.2 Å². The van der Waals surface area contributed by atoms with E-state index in [9.17, 15) is 13.2 Å². The summed E-state index contributed by atoms with van der Waals surface area (Å²) in [5.41, 5.74) is -0.899. The molecule has 0 aliphatic carbocycles. The van der Waals surface area contributed by atoms with Crippen molar-refractivity contribution in [2.24, 2.45) is 0 Å². The molecule has 0 aromatic heterocycles. The Morgan fingerprint density at radius 2 is 1.69 bits per heavy atom. The van der Waals surface area contributed by atoms with Gasteiger partial charge in [0, 0.05) is 0 Å². The molecule has 0 nitrogen and oxygen atoms in total. The molecule has 0 bridgehead atoms. The van der Waals surface area contributed by atoms with Crippen molar-refractivity contribution in [3.8, 4) is 0 Å². The van der Waals surface area contributed by atoms with Crippen molar-refractivity contribution in [1.29, 1.82) is 0 Å². The van der Waals surface area contributed by atoms with Crippen LogP contribution in [-0.4, -0.2) is 0 Å². The third-order valence-corrected chi connectivity index (χ3v) is 2.35. The summed E-state index contributed by atoms with van der Waals surface area (Å²) in [7, 11) is 0. The maximum atomic E-state index is 13.0. The smallest absolute Gasteiger partial charge is 0.166 e. The van der Waals surface area contributed by atoms with Crippen molar-refractivity contribution >= 4 is 0 Å². The van der Waals surface area contributed by atoms with Crippen LogP contribution < -0.4 is 0 Å². The van der Waals surface area contributed by atoms with Crippen molar-refractivity contribution in [2.75, 3.05) is 0 Å². The number of hydrogen-bond donors (Lipinski definition) is 0. The van der Waals surface area contributed by atoms with Crippen molar-refractivity contribution in [3.63, 3.8) is 0 Å². The first-order valence-electron chi connectivity index (χ1n) is 4.91. The summed E-state index contributed by atoms with van der Waals surface area (Å²) in [5.74, 6) is 0. The van der Waals surface area contributed by atoms with Crippen LogP contribution in [0.3, 0.4) is 0 Å². The standard InChI is InChI=1S/C13H14F3/c1-5-9-7-6-8-10(12(2,3)4)11(9)13(14,15)16/h6-8H,1H2,2-4H3. The molecule has 0 N–H and O–H groups in total. The van der Waals surface area contributed by atoms with Gasteiger partial charge >= 0.3 is 6.18 Å². The summed E-state index contributed by atoms with van der Waals surface area (Å²) >= 11 is 0. The van der Waals surface area contributed by atoms with Crippen LogP contribution in [-0.2, 0) is 11.6 Å². The zero-order chi connectivity index (χ0) is 12.6. The van der Waals surface area contributed by atoms with Crippen LogP contribution in [0.25, 0.3) is 0 Å². The van der Waals surface area contributed by atoms with Gasteiger partial charge in [-0.25, -0.2) is 0 Å². The van der Waals surface area contributed by atoms with Gasteiger partial charge in [-0.15, -0.1) is 0 Å². The Hall–Kier alpha value is -1.25. The summed E-state index contributed by atoms with van der Waals surface area (Å²) in [5, 5.41) is 0. The van der Waals surface area contributed by atoms with E-state index in [1.807, 2.05) is 0 Å². The predicted molar refractivity (Wildman–Crippen MR) is 58.1 cm³/mol. The molecule has 0 atom stereocenters. The second-order valence-corrected chi connectivity index (χ2v) is 4.65. The highest BCUT2D eigenvalue weighted by Crippen LogP contribution is 2.39. The zero-order valence-corrected chi connectivity index (χ0v) is 9.57. The van der Waals surface area contributed by atoms with Gasteiger partial charge in [-0.2, -0.15) is 13.2 Å². The third kappa shape index (κ3) is 2.46. The number of alkyl halides is 3. The van der Waals surface area contributed by atoms with E-state index in [1.54, 1.807) is 26.8 Å². The van der Waals surface area contributed by atoms with E-state index >= 15 is 0 Å². The van der Waals surface area contributed by atoms with Gasteiger partial charge in [-0.05, 0) is 22.6 Å². The van der Waals surface area contributed by atoms with Crippen molar-refractivity contribution in [2.45, 2.75) is 32.4 Å². The van der Waals surface area contributed by atoms with Crippen molar-refractivity contribution < 1.29 is 13.2 Å². The molecular weight excluding hydrogens is 213 g/mol. The van der Waals surface area contributed by atoms with Crippen LogP contribution in [0.15, 0.2) is 24.8 Å². The Labute approximate surface area is 93.8 Å². The maximum absolute atomic E-state index is 13.0. The lowest BCUT2D eigenvalue weighted by Crippen LogP contribution is -2.20. The second kappa shape index (κ2) is 3.96. The fraction of sp³-hybridized carbons (Fsp3) is 0.385. The van der Waals surface area contributed by atoms with E-state index in [2.05, 4.69) is 12.7 Å². The maximum Gasteiger partial charge on any atom is 0.417 e. The summed E-state index contributed by atoms with van der Waals surface area (Å²) in [6.45, 7) is 8.57. The molecule has 0 aliphatic heterocycles. The molecule has 0 saturated heterocycles. The normalized spacial score (nSPS) is 12.6. The summed E-state index contributed by atoms with van der Waals surface area (Å²) in [6, 6.07) is 4.48. The lowest BCUT2D eigenvalue weighted by atomic mass is 9.82. The highest BCUT2D eigenvalue weighted by Gasteiger charge is 2.38. The minimum Gasteiger partial charge on any atom is -0.166 e. The molecule has 1 aromatic rings. The fourth-order valence-corrected chi connectivity index (χ4v) is 1.63. The van der Waals surface area contributed by atoms with Crippen LogP contribution in [0.2, 0.25) is 0 Å². The molecule has 0 fully saturated rings. The molecule has 0 heterocycles. The monoisotopic (exact) mass is 227 g/mol. The molecular formula is C13H14F3. The van der Waals surface area contributed by atoms with E-state index in [1.165, 1.54) is 12.1 Å². The van der Waals surface area contributed by atoms with Crippen molar-refractivity contribution in [1.82, 2.24) is 0 Å². The first kappa shape index (κ1) is 12.8. The number of benzene rings is 1. The van der Waals surface area contributed by atoms with Gasteiger partial charge in [-0.3, -0.25) is 0 Å². The lowest BCUT2D eigenvalue weighted by molar-refractivity contribution is -0.139. The molecule has 0 spiro atoms. The van der Waals surface area contributed by atoms with Crippen LogP contribution >= 0.6 is 0 Å². The van der Waals surface area contributed by atoms with Gasteiger partial charge in [-0.1, -0.05) is 45.5 Å². The average Bonchev–Trinajstić information content (AvgIpc) is 2.13. The minimum absolute atomic E-state index is 0.0138. The van der Waals surface area contributed by atoms with Gasteiger partial charge in [0.1, 0.15) is 0 Å². The zero-order valence-electron chi connectivity index (χ0n) is 9.57. The molecule has 0 unspecified atom stereocenters. The van der Waals surface area contributed by atoms with Crippen LogP contribution in [0.5, 0.6) is 0 Å². The Balaban J connectivity index is 3.57. The summed E-state index contributed by atoms with van der Waals surface area (Å²) < 4.78 is 38.9.